The molecular weight excluding hydrogens is 390 g/mol. The van der Waals surface area contributed by atoms with E-state index in [4.69, 9.17) is 21.7 Å². The minimum atomic E-state index is -0.0215. The van der Waals surface area contributed by atoms with Crippen LogP contribution in [0.3, 0.4) is 0 Å². The number of nitrogens with zero attached hydrogens (tertiary/aromatic N) is 1. The third kappa shape index (κ3) is 4.94. The highest BCUT2D eigenvalue weighted by Crippen LogP contribution is 2.35. The van der Waals surface area contributed by atoms with Crippen molar-refractivity contribution in [3.63, 3.8) is 0 Å². The molecule has 1 fully saturated rings. The Morgan fingerprint density at radius 2 is 1.93 bits per heavy atom. The van der Waals surface area contributed by atoms with Gasteiger partial charge in [-0.15, -0.1) is 0 Å². The quantitative estimate of drug-likeness (QED) is 0.435. The minimum Gasteiger partial charge on any atom is -0.493 e. The Labute approximate surface area is 175 Å². The molecule has 1 saturated heterocycles. The minimum absolute atomic E-state index is 0.0215. The molecule has 0 saturated carbocycles. The average molecular weight is 414 g/mol. The summed E-state index contributed by atoms with van der Waals surface area (Å²) < 4.78 is 12.0. The van der Waals surface area contributed by atoms with Crippen molar-refractivity contribution in [2.45, 2.75) is 26.4 Å². The van der Waals surface area contributed by atoms with Crippen LogP contribution in [0.4, 0.5) is 0 Å². The number of benzene rings is 2. The van der Waals surface area contributed by atoms with E-state index in [2.05, 4.69) is 6.92 Å². The van der Waals surface area contributed by atoms with Crippen molar-refractivity contribution in [2.75, 3.05) is 13.7 Å². The Morgan fingerprint density at radius 3 is 2.64 bits per heavy atom. The highest BCUT2D eigenvalue weighted by molar-refractivity contribution is 8.26. The SMILES string of the molecule is CCCCN1C(=O)/C(=C/c2ccc(OCc3ccccc3)c(OC)c2)SC1=S. The molecule has 0 radical (unpaired) electrons. The van der Waals surface area contributed by atoms with Crippen LogP contribution in [0, 0.1) is 0 Å². The summed E-state index contributed by atoms with van der Waals surface area (Å²) in [5, 5.41) is 0. The second-order valence-corrected chi connectivity index (χ2v) is 8.05. The topological polar surface area (TPSA) is 38.8 Å². The summed E-state index contributed by atoms with van der Waals surface area (Å²) in [6.45, 7) is 3.24. The molecule has 3 rings (SSSR count). The molecule has 2 aromatic carbocycles. The molecule has 1 aliphatic heterocycles. The number of ether oxygens (including phenoxy) is 2. The van der Waals surface area contributed by atoms with Crippen LogP contribution in [0.15, 0.2) is 53.4 Å². The molecule has 0 spiro atoms. The first kappa shape index (κ1) is 20.4. The second-order valence-electron chi connectivity index (χ2n) is 6.37. The number of thiocarbonyl (C=S) groups is 1. The molecule has 6 heteroatoms. The largest absolute Gasteiger partial charge is 0.493 e. The van der Waals surface area contributed by atoms with Crippen LogP contribution < -0.4 is 9.47 Å². The van der Waals surface area contributed by atoms with Crippen LogP contribution >= 0.6 is 24.0 Å². The molecule has 4 nitrogen and oxygen atoms in total. The molecule has 0 bridgehead atoms. The Bertz CT molecular complexity index is 881. The second kappa shape index (κ2) is 9.75. The van der Waals surface area contributed by atoms with Crippen LogP contribution in [0.2, 0.25) is 0 Å². The molecule has 0 N–H and O–H groups in total. The van der Waals surface area contributed by atoms with Crippen LogP contribution in [-0.4, -0.2) is 28.8 Å². The third-order valence-corrected chi connectivity index (χ3v) is 5.71. The summed E-state index contributed by atoms with van der Waals surface area (Å²) in [4.78, 5) is 14.9. The highest BCUT2D eigenvalue weighted by Gasteiger charge is 2.31. The monoisotopic (exact) mass is 413 g/mol. The number of carbonyl (C=O) groups excluding carboxylic acids is 1. The fraction of sp³-hybridized carbons (Fsp3) is 0.273. The molecule has 28 heavy (non-hydrogen) atoms. The van der Waals surface area contributed by atoms with Gasteiger partial charge in [0.15, 0.2) is 11.5 Å². The maximum Gasteiger partial charge on any atom is 0.266 e. The molecule has 146 valence electrons. The summed E-state index contributed by atoms with van der Waals surface area (Å²) in [6, 6.07) is 15.6. The Morgan fingerprint density at radius 1 is 1.14 bits per heavy atom. The molecule has 0 atom stereocenters. The molecule has 0 unspecified atom stereocenters. The van der Waals surface area contributed by atoms with Crippen molar-refractivity contribution in [1.29, 1.82) is 0 Å². The van der Waals surface area contributed by atoms with Crippen molar-refractivity contribution in [3.8, 4) is 11.5 Å². The van der Waals surface area contributed by atoms with E-state index in [9.17, 15) is 4.79 Å². The lowest BCUT2D eigenvalue weighted by Gasteiger charge is -2.13. The van der Waals surface area contributed by atoms with E-state index in [-0.39, 0.29) is 5.91 Å². The predicted octanol–water partition coefficient (Wildman–Crippen LogP) is 5.28. The van der Waals surface area contributed by atoms with Crippen molar-refractivity contribution >= 4 is 40.3 Å². The van der Waals surface area contributed by atoms with Crippen molar-refractivity contribution in [2.24, 2.45) is 0 Å². The average Bonchev–Trinajstić information content (AvgIpc) is 2.98. The van der Waals surface area contributed by atoms with E-state index in [0.717, 1.165) is 24.0 Å². The highest BCUT2D eigenvalue weighted by atomic mass is 32.2. The number of hydrogen-bond acceptors (Lipinski definition) is 5. The van der Waals surface area contributed by atoms with E-state index in [1.165, 1.54) is 11.8 Å². The summed E-state index contributed by atoms with van der Waals surface area (Å²) in [5.74, 6) is 1.27. The van der Waals surface area contributed by atoms with Gasteiger partial charge in [0.2, 0.25) is 0 Å². The summed E-state index contributed by atoms with van der Waals surface area (Å²) >= 11 is 6.71. The first-order valence-corrected chi connectivity index (χ1v) is 10.4. The van der Waals surface area contributed by atoms with Gasteiger partial charge >= 0.3 is 0 Å². The first-order chi connectivity index (χ1) is 13.6. The van der Waals surface area contributed by atoms with Gasteiger partial charge in [-0.05, 0) is 35.8 Å². The summed E-state index contributed by atoms with van der Waals surface area (Å²) in [6.07, 6.45) is 3.83. The maximum absolute atomic E-state index is 12.6. The third-order valence-electron chi connectivity index (χ3n) is 4.33. The molecule has 0 aliphatic carbocycles. The number of thioether (sulfide) groups is 1. The van der Waals surface area contributed by atoms with Gasteiger partial charge in [0, 0.05) is 6.54 Å². The van der Waals surface area contributed by atoms with Gasteiger partial charge in [-0.25, -0.2) is 0 Å². The molecular formula is C22H23NO3S2. The smallest absolute Gasteiger partial charge is 0.266 e. The van der Waals surface area contributed by atoms with Crippen LogP contribution in [-0.2, 0) is 11.4 Å². The zero-order chi connectivity index (χ0) is 19.9. The van der Waals surface area contributed by atoms with Crippen molar-refractivity contribution in [3.05, 3.63) is 64.6 Å². The zero-order valence-corrected chi connectivity index (χ0v) is 17.6. The van der Waals surface area contributed by atoms with Crippen molar-refractivity contribution < 1.29 is 14.3 Å². The number of carbonyl (C=O) groups is 1. The van der Waals surface area contributed by atoms with Gasteiger partial charge < -0.3 is 9.47 Å². The normalized spacial score (nSPS) is 15.4. The lowest BCUT2D eigenvalue weighted by molar-refractivity contribution is -0.122. The van der Waals surface area contributed by atoms with Crippen molar-refractivity contribution in [1.82, 2.24) is 4.90 Å². The van der Waals surface area contributed by atoms with Gasteiger partial charge in [-0.3, -0.25) is 9.69 Å². The summed E-state index contributed by atoms with van der Waals surface area (Å²) in [7, 11) is 1.61. The number of rotatable bonds is 8. The van der Waals surface area contributed by atoms with E-state index in [1.54, 1.807) is 12.0 Å². The van der Waals surface area contributed by atoms with Crippen LogP contribution in [0.5, 0.6) is 11.5 Å². The fourth-order valence-corrected chi connectivity index (χ4v) is 4.10. The Hall–Kier alpha value is -2.31. The predicted molar refractivity (Wildman–Crippen MR) is 119 cm³/mol. The van der Waals surface area contributed by atoms with E-state index >= 15 is 0 Å². The van der Waals surface area contributed by atoms with Crippen LogP contribution in [0.1, 0.15) is 30.9 Å². The van der Waals surface area contributed by atoms with E-state index < -0.39 is 0 Å². The molecule has 1 aliphatic rings. The van der Waals surface area contributed by atoms with E-state index in [0.29, 0.717) is 33.9 Å². The summed E-state index contributed by atoms with van der Waals surface area (Å²) in [5.41, 5.74) is 1.96. The van der Waals surface area contributed by atoms with Gasteiger partial charge in [-0.1, -0.05) is 73.7 Å². The molecule has 1 heterocycles. The maximum atomic E-state index is 12.6. The number of hydrogen-bond donors (Lipinski definition) is 0. The van der Waals surface area contributed by atoms with Gasteiger partial charge in [0.25, 0.3) is 5.91 Å². The fourth-order valence-electron chi connectivity index (χ4n) is 2.79. The number of methoxy groups -OCH3 is 1. The zero-order valence-electron chi connectivity index (χ0n) is 16.0. The van der Waals surface area contributed by atoms with Gasteiger partial charge in [0.05, 0.1) is 12.0 Å². The molecule has 0 aromatic heterocycles. The van der Waals surface area contributed by atoms with E-state index in [1.807, 2.05) is 54.6 Å². The standard InChI is InChI=1S/C22H23NO3S2/c1-3-4-12-23-21(24)20(28-22(23)27)14-17-10-11-18(19(13-17)25-2)26-15-16-8-6-5-7-9-16/h5-11,13-14H,3-4,12,15H2,1-2H3/b20-14-. The molecule has 1 amide bonds. The first-order valence-electron chi connectivity index (χ1n) is 9.22. The van der Waals surface area contributed by atoms with Gasteiger partial charge in [0.1, 0.15) is 10.9 Å². The van der Waals surface area contributed by atoms with Gasteiger partial charge in [-0.2, -0.15) is 0 Å². The number of amides is 1. The Balaban J connectivity index is 1.74. The lowest BCUT2D eigenvalue weighted by atomic mass is 10.1. The lowest BCUT2D eigenvalue weighted by Crippen LogP contribution is -2.28. The Kier molecular flexibility index (Phi) is 7.12. The van der Waals surface area contributed by atoms with Crippen LogP contribution in [0.25, 0.3) is 6.08 Å². The molecule has 2 aromatic rings. The number of unbranched alkanes of at least 4 members (excludes halogenated alkanes) is 1.